The summed E-state index contributed by atoms with van der Waals surface area (Å²) in [5, 5.41) is 50.6. The number of benzene rings is 3. The van der Waals surface area contributed by atoms with Gasteiger partial charge < -0.3 is 54.5 Å². The first-order valence-electron chi connectivity index (χ1n) is 21.6. The number of carbonyl (C=O) groups excluding carboxylic acids is 3. The molecule has 64 heavy (non-hydrogen) atoms. The number of aromatic nitrogens is 1. The minimum absolute atomic E-state index is 0.0147. The van der Waals surface area contributed by atoms with Gasteiger partial charge in [-0.1, -0.05) is 75.5 Å². The van der Waals surface area contributed by atoms with Crippen LogP contribution in [-0.2, 0) is 23.8 Å². The van der Waals surface area contributed by atoms with E-state index in [1.165, 1.54) is 38.6 Å². The van der Waals surface area contributed by atoms with Gasteiger partial charge in [0.15, 0.2) is 10.9 Å². The lowest BCUT2D eigenvalue weighted by atomic mass is 9.78. The van der Waals surface area contributed by atoms with Crippen molar-refractivity contribution in [1.29, 1.82) is 0 Å². The van der Waals surface area contributed by atoms with Crippen LogP contribution in [0.25, 0.3) is 21.0 Å². The van der Waals surface area contributed by atoms with Gasteiger partial charge in [0.05, 0.1) is 45.7 Å². The average molecular weight is 899 g/mol. The third-order valence-corrected chi connectivity index (χ3v) is 14.2. The highest BCUT2D eigenvalue weighted by molar-refractivity contribution is 7.23. The van der Waals surface area contributed by atoms with Crippen molar-refractivity contribution in [2.24, 2.45) is 23.7 Å². The van der Waals surface area contributed by atoms with Crippen LogP contribution in [0.3, 0.4) is 0 Å². The Morgan fingerprint density at radius 2 is 1.59 bits per heavy atom. The second-order valence-electron chi connectivity index (χ2n) is 17.3. The summed E-state index contributed by atoms with van der Waals surface area (Å²) in [6.07, 6.45) is 3.96. The van der Waals surface area contributed by atoms with Gasteiger partial charge in [-0.3, -0.25) is 14.4 Å². The summed E-state index contributed by atoms with van der Waals surface area (Å²) in [5.41, 5.74) is 1.85. The molecule has 4 heterocycles. The fourth-order valence-corrected chi connectivity index (χ4v) is 10.2. The topological polar surface area (TPSA) is 200 Å². The smallest absolute Gasteiger partial charge is 0.312 e. The zero-order chi connectivity index (χ0) is 46.4. The number of phenolic OH excluding ortho intramolecular Hbond substituents is 2. The van der Waals surface area contributed by atoms with Gasteiger partial charge in [-0.05, 0) is 32.1 Å². The maximum Gasteiger partial charge on any atom is 0.312 e. The molecule has 15 nitrogen and oxygen atoms in total. The first kappa shape index (κ1) is 46.3. The number of fused-ring (bicyclic) bond motifs is 1. The third kappa shape index (κ3) is 8.51. The molecule has 9 atom stereocenters. The number of anilines is 3. The summed E-state index contributed by atoms with van der Waals surface area (Å²) in [6, 6.07) is 10.1. The number of carbonyl (C=O) groups is 3. The zero-order valence-electron chi connectivity index (χ0n) is 37.6. The Balaban J connectivity index is 1.37. The summed E-state index contributed by atoms with van der Waals surface area (Å²) >= 11 is 1.25. The highest BCUT2D eigenvalue weighted by atomic mass is 32.1. The van der Waals surface area contributed by atoms with Crippen LogP contribution in [0, 0.1) is 30.6 Å². The molecule has 5 N–H and O–H groups in total. The highest BCUT2D eigenvalue weighted by Gasteiger charge is 2.50. The van der Waals surface area contributed by atoms with Crippen LogP contribution in [-0.4, -0.2) is 107 Å². The molecule has 0 spiro atoms. The Morgan fingerprint density at radius 3 is 2.25 bits per heavy atom. The number of aliphatic hydroxyl groups excluding tert-OH is 2. The molecule has 1 fully saturated rings. The van der Waals surface area contributed by atoms with E-state index in [4.69, 9.17) is 23.9 Å². The van der Waals surface area contributed by atoms with Gasteiger partial charge >= 0.3 is 11.8 Å². The molecule has 0 unspecified atom stereocenters. The number of phenols is 2. The first-order chi connectivity index (χ1) is 30.4. The normalized spacial score (nSPS) is 29.6. The number of nitrogens with one attached hydrogen (secondary N) is 1. The Kier molecular flexibility index (Phi) is 13.3. The number of rotatable bonds is 4. The molecule has 0 saturated carbocycles. The van der Waals surface area contributed by atoms with Crippen molar-refractivity contribution in [2.45, 2.75) is 85.6 Å². The minimum Gasteiger partial charge on any atom is -0.507 e. The average Bonchev–Trinajstić information content (AvgIpc) is 3.84. The second kappa shape index (κ2) is 18.4. The van der Waals surface area contributed by atoms with Crippen molar-refractivity contribution >= 4 is 66.5 Å². The molecular weight excluding hydrogens is 841 g/mol. The molecule has 7 rings (SSSR count). The molecule has 3 aliphatic rings. The lowest BCUT2D eigenvalue weighted by Gasteiger charge is -2.38. The van der Waals surface area contributed by atoms with Crippen LogP contribution in [0.5, 0.6) is 17.2 Å². The van der Waals surface area contributed by atoms with E-state index in [0.29, 0.717) is 36.0 Å². The molecule has 3 aliphatic heterocycles. The molecule has 4 aromatic rings. The lowest BCUT2D eigenvalue weighted by molar-refractivity contribution is -0.160. The Morgan fingerprint density at radius 1 is 0.922 bits per heavy atom. The number of methoxy groups -OCH3 is 1. The molecular formula is C48H58N4O11S. The first-order valence-corrected chi connectivity index (χ1v) is 22.4. The standard InChI is InChI=1S/C48H58N4O11S/c1-24-14-13-15-25(2)46(59)49-37-41(57)34-33(36-44(37)64-47(50-36)52-21-19-51(20-22-52)31-16-11-10-12-17-31)35-43(29(6)40(34)56)63-48(8,45(35)58)61-23-18-32(60-9)26(3)42(62-30(7)53)28(5)39(55)27(4)38(24)54/h10-18,23-24,26-28,32,38-39,42,54-57H,19-22H2,1-9H3,(H,49,59)/b14-13-,23-18?,25-15-/t24-,26+,27+,28+,32-,38-,39+,42+,48-/m0/s1. The van der Waals surface area contributed by atoms with Gasteiger partial charge in [0.1, 0.15) is 23.3 Å². The van der Waals surface area contributed by atoms with E-state index in [9.17, 15) is 34.8 Å². The summed E-state index contributed by atoms with van der Waals surface area (Å²) < 4.78 is 24.4. The summed E-state index contributed by atoms with van der Waals surface area (Å²) in [7, 11) is 1.47. The van der Waals surface area contributed by atoms with Gasteiger partial charge in [-0.15, -0.1) is 0 Å². The molecule has 1 amide bonds. The SMILES string of the molecule is CO[C@H]1C=CO[C@@]2(C)Oc3c(C)c(O)c4c(O)c(c5sc(N6CCN(c7ccccc7)CC6)nc5c4c3C2=O)NC(=O)/C(C)=C\C=C/[C@H](C)[C@H](O)[C@@H](C)[C@@H](O)[C@@H](C)[C@H](OC(C)=O)[C@@H]1C. The number of esters is 1. The number of piperazine rings is 1. The number of nitrogens with zero attached hydrogens (tertiary/aromatic N) is 3. The van der Waals surface area contributed by atoms with E-state index in [1.807, 2.05) is 18.2 Å². The number of aliphatic hydroxyl groups is 2. The lowest BCUT2D eigenvalue weighted by Crippen LogP contribution is -2.46. The van der Waals surface area contributed by atoms with Crippen molar-refractivity contribution in [3.05, 3.63) is 77.6 Å². The Hall–Kier alpha value is -5.68. The number of aromatic hydroxyl groups is 2. The fraction of sp³-hybridized carbons (Fsp3) is 0.458. The number of amides is 1. The van der Waals surface area contributed by atoms with E-state index in [-0.39, 0.29) is 50.2 Å². The number of allylic oxidation sites excluding steroid dienone is 2. The van der Waals surface area contributed by atoms with Crippen LogP contribution < -0.4 is 19.9 Å². The van der Waals surface area contributed by atoms with Crippen molar-refractivity contribution in [1.82, 2.24) is 4.98 Å². The van der Waals surface area contributed by atoms with Gasteiger partial charge in [-0.25, -0.2) is 4.98 Å². The van der Waals surface area contributed by atoms with Gasteiger partial charge in [0.2, 0.25) is 0 Å². The molecule has 3 aromatic carbocycles. The summed E-state index contributed by atoms with van der Waals surface area (Å²) in [6.45, 7) is 15.5. The van der Waals surface area contributed by atoms with E-state index < -0.39 is 77.3 Å². The van der Waals surface area contributed by atoms with Crippen LogP contribution >= 0.6 is 11.3 Å². The van der Waals surface area contributed by atoms with Crippen LogP contribution in [0.1, 0.15) is 64.4 Å². The fourth-order valence-electron chi connectivity index (χ4n) is 9.04. The van der Waals surface area contributed by atoms with Gasteiger partial charge in [0, 0.05) is 93.0 Å². The molecule has 1 saturated heterocycles. The number of hydrogen-bond acceptors (Lipinski definition) is 15. The monoisotopic (exact) mass is 898 g/mol. The number of ether oxygens (including phenoxy) is 4. The number of hydrogen-bond donors (Lipinski definition) is 5. The second-order valence-corrected chi connectivity index (χ2v) is 18.3. The highest BCUT2D eigenvalue weighted by Crippen LogP contribution is 2.55. The number of para-hydroxylation sites is 1. The van der Waals surface area contributed by atoms with E-state index in [1.54, 1.807) is 65.8 Å². The number of ketones is 1. The van der Waals surface area contributed by atoms with Crippen LogP contribution in [0.4, 0.5) is 16.5 Å². The van der Waals surface area contributed by atoms with E-state index >= 15 is 0 Å². The van der Waals surface area contributed by atoms with Crippen LogP contribution in [0.2, 0.25) is 0 Å². The van der Waals surface area contributed by atoms with Crippen molar-refractivity contribution < 1.29 is 53.8 Å². The zero-order valence-corrected chi connectivity index (χ0v) is 38.4. The largest absolute Gasteiger partial charge is 0.507 e. The molecule has 0 aliphatic carbocycles. The number of Topliss-reactive ketones (excluding diaryl/α,β-unsaturated/α-hetero) is 1. The van der Waals surface area contributed by atoms with E-state index in [2.05, 4.69) is 27.2 Å². The number of thiazole rings is 1. The Labute approximate surface area is 376 Å². The third-order valence-electron chi connectivity index (χ3n) is 13.0. The van der Waals surface area contributed by atoms with E-state index in [0.717, 1.165) is 5.69 Å². The molecule has 1 aromatic heterocycles. The maximum absolute atomic E-state index is 14.8. The predicted octanol–water partition coefficient (Wildman–Crippen LogP) is 6.98. The van der Waals surface area contributed by atoms with Gasteiger partial charge in [-0.2, -0.15) is 0 Å². The Bertz CT molecular complexity index is 2530. The quantitative estimate of drug-likeness (QED) is 0.104. The van der Waals surface area contributed by atoms with Crippen LogP contribution in [0.15, 0.2) is 66.5 Å². The molecule has 0 radical (unpaired) electrons. The molecule has 16 heteroatoms. The van der Waals surface area contributed by atoms with Crippen molar-refractivity contribution in [3.63, 3.8) is 0 Å². The molecule has 4 bridgehead atoms. The maximum atomic E-state index is 14.8. The predicted molar refractivity (Wildman–Crippen MR) is 246 cm³/mol. The van der Waals surface area contributed by atoms with Crippen molar-refractivity contribution in [3.8, 4) is 17.2 Å². The molecule has 342 valence electrons. The summed E-state index contributed by atoms with van der Waals surface area (Å²) in [4.78, 5) is 50.6. The summed E-state index contributed by atoms with van der Waals surface area (Å²) in [5.74, 6) is -6.86. The minimum atomic E-state index is -1.96. The van der Waals surface area contributed by atoms with Crippen molar-refractivity contribution in [2.75, 3.05) is 48.4 Å². The van der Waals surface area contributed by atoms with Gasteiger partial charge in [0.25, 0.3) is 11.7 Å².